The fourth-order valence-electron chi connectivity index (χ4n) is 3.24. The summed E-state index contributed by atoms with van der Waals surface area (Å²) in [4.78, 5) is 13.3. The summed E-state index contributed by atoms with van der Waals surface area (Å²) in [7, 11) is 1.61. The van der Waals surface area contributed by atoms with Gasteiger partial charge in [0.1, 0.15) is 12.1 Å². The minimum Gasteiger partial charge on any atom is -0.494 e. The summed E-state index contributed by atoms with van der Waals surface area (Å²) in [5.41, 5.74) is 5.71. The summed E-state index contributed by atoms with van der Waals surface area (Å²) in [6.07, 6.45) is 3.40. The zero-order chi connectivity index (χ0) is 20.2. The molecule has 0 atom stereocenters. The first-order valence-corrected chi connectivity index (χ1v) is 9.37. The smallest absolute Gasteiger partial charge is 0.212 e. The highest BCUT2D eigenvalue weighted by atomic mass is 16.5. The Bertz CT molecular complexity index is 1170. The van der Waals surface area contributed by atoms with E-state index in [0.717, 1.165) is 38.9 Å². The lowest BCUT2D eigenvalue weighted by atomic mass is 10.00. The Morgan fingerprint density at radius 2 is 1.79 bits per heavy atom. The topological polar surface area (TPSA) is 57.1 Å². The maximum Gasteiger partial charge on any atom is 0.212 e. The Morgan fingerprint density at radius 1 is 0.931 bits per heavy atom. The van der Waals surface area contributed by atoms with Crippen LogP contribution in [0.15, 0.2) is 73.7 Å². The average Bonchev–Trinajstić information content (AvgIpc) is 2.78. The zero-order valence-electron chi connectivity index (χ0n) is 16.4. The highest BCUT2D eigenvalue weighted by molar-refractivity contribution is 5.95. The Hall–Kier alpha value is -3.73. The molecule has 0 N–H and O–H groups in total. The highest BCUT2D eigenvalue weighted by Gasteiger charge is 2.10. The van der Waals surface area contributed by atoms with Crippen molar-refractivity contribution in [3.8, 4) is 28.3 Å². The second-order valence-corrected chi connectivity index (χ2v) is 6.48. The zero-order valence-corrected chi connectivity index (χ0v) is 16.4. The van der Waals surface area contributed by atoms with Crippen LogP contribution in [0.1, 0.15) is 12.5 Å². The first-order valence-electron chi connectivity index (χ1n) is 9.37. The lowest BCUT2D eigenvalue weighted by Gasteiger charge is -2.11. The van der Waals surface area contributed by atoms with E-state index in [2.05, 4.69) is 27.6 Å². The van der Waals surface area contributed by atoms with Crippen molar-refractivity contribution < 1.29 is 9.47 Å². The molecule has 4 rings (SSSR count). The number of methoxy groups -OCH3 is 1. The van der Waals surface area contributed by atoms with Crippen LogP contribution in [0.3, 0.4) is 0 Å². The molecule has 0 bridgehead atoms. The number of hydrogen-bond donors (Lipinski definition) is 0. The normalized spacial score (nSPS) is 10.7. The predicted molar refractivity (Wildman–Crippen MR) is 115 cm³/mol. The van der Waals surface area contributed by atoms with Gasteiger partial charge in [0.15, 0.2) is 0 Å². The lowest BCUT2D eigenvalue weighted by Crippen LogP contribution is -1.93. The molecule has 0 amide bonds. The van der Waals surface area contributed by atoms with Crippen molar-refractivity contribution in [3.63, 3.8) is 0 Å². The second-order valence-electron chi connectivity index (χ2n) is 6.48. The number of ether oxygens (including phenoxy) is 2. The van der Waals surface area contributed by atoms with Crippen molar-refractivity contribution in [1.82, 2.24) is 15.0 Å². The maximum absolute atomic E-state index is 5.56. The molecule has 29 heavy (non-hydrogen) atoms. The SMILES string of the molecule is C=C(OCC)c1cccc(-c2ncnc3ccc(-c4ccc(OC)nc4)cc23)c1. The molecule has 2 aromatic heterocycles. The largest absolute Gasteiger partial charge is 0.494 e. The predicted octanol–water partition coefficient (Wildman–Crippen LogP) is 5.37. The van der Waals surface area contributed by atoms with Gasteiger partial charge in [-0.15, -0.1) is 0 Å². The molecule has 0 saturated carbocycles. The van der Waals surface area contributed by atoms with Gasteiger partial charge in [0.2, 0.25) is 5.88 Å². The van der Waals surface area contributed by atoms with Crippen molar-refractivity contribution in [2.75, 3.05) is 13.7 Å². The molecule has 0 aliphatic rings. The van der Waals surface area contributed by atoms with Gasteiger partial charge in [-0.3, -0.25) is 0 Å². The molecule has 0 fully saturated rings. The Morgan fingerprint density at radius 3 is 2.55 bits per heavy atom. The molecule has 2 aromatic carbocycles. The van der Waals surface area contributed by atoms with Gasteiger partial charge in [0.25, 0.3) is 0 Å². The van der Waals surface area contributed by atoms with E-state index in [4.69, 9.17) is 9.47 Å². The Kier molecular flexibility index (Phi) is 5.20. The van der Waals surface area contributed by atoms with Gasteiger partial charge in [-0.1, -0.05) is 30.8 Å². The molecule has 4 aromatic rings. The van der Waals surface area contributed by atoms with E-state index >= 15 is 0 Å². The standard InChI is InChI=1S/C24H21N3O2/c1-4-29-16(2)17-6-5-7-19(12-17)24-21-13-18(8-10-22(21)26-15-27-24)20-9-11-23(28-3)25-14-20/h5-15H,2,4H2,1,3H3. The minimum atomic E-state index is 0.582. The van der Waals surface area contributed by atoms with Crippen LogP contribution in [0.4, 0.5) is 0 Å². The van der Waals surface area contributed by atoms with E-state index in [0.29, 0.717) is 18.2 Å². The molecule has 0 aliphatic carbocycles. The van der Waals surface area contributed by atoms with Gasteiger partial charge >= 0.3 is 0 Å². The highest BCUT2D eigenvalue weighted by Crippen LogP contribution is 2.31. The number of hydrogen-bond acceptors (Lipinski definition) is 5. The molecule has 0 spiro atoms. The summed E-state index contributed by atoms with van der Waals surface area (Å²) in [6, 6.07) is 18.0. The van der Waals surface area contributed by atoms with Crippen LogP contribution in [0.2, 0.25) is 0 Å². The molecule has 5 heteroatoms. The molecule has 0 saturated heterocycles. The van der Waals surface area contributed by atoms with Crippen LogP contribution in [-0.2, 0) is 4.74 Å². The second kappa shape index (κ2) is 8.10. The van der Waals surface area contributed by atoms with Crippen LogP contribution >= 0.6 is 0 Å². The van der Waals surface area contributed by atoms with Gasteiger partial charge in [-0.2, -0.15) is 0 Å². The maximum atomic E-state index is 5.56. The summed E-state index contributed by atoms with van der Waals surface area (Å²) >= 11 is 0. The Labute approximate surface area is 169 Å². The number of pyridine rings is 1. The number of benzene rings is 2. The average molecular weight is 383 g/mol. The first kappa shape index (κ1) is 18.6. The van der Waals surface area contributed by atoms with Crippen LogP contribution < -0.4 is 4.74 Å². The number of rotatable bonds is 6. The Balaban J connectivity index is 1.81. The molecule has 2 heterocycles. The van der Waals surface area contributed by atoms with Crippen LogP contribution in [0, 0.1) is 0 Å². The van der Waals surface area contributed by atoms with E-state index in [1.54, 1.807) is 19.6 Å². The van der Waals surface area contributed by atoms with Gasteiger partial charge in [0, 0.05) is 34.3 Å². The van der Waals surface area contributed by atoms with Gasteiger partial charge in [-0.25, -0.2) is 15.0 Å². The van der Waals surface area contributed by atoms with E-state index < -0.39 is 0 Å². The van der Waals surface area contributed by atoms with Crippen LogP contribution in [-0.4, -0.2) is 28.7 Å². The van der Waals surface area contributed by atoms with Crippen molar-refractivity contribution >= 4 is 16.7 Å². The minimum absolute atomic E-state index is 0.582. The molecular weight excluding hydrogens is 362 g/mol. The van der Waals surface area contributed by atoms with E-state index in [1.165, 1.54) is 0 Å². The monoisotopic (exact) mass is 383 g/mol. The quantitative estimate of drug-likeness (QED) is 0.419. The van der Waals surface area contributed by atoms with E-state index in [-0.39, 0.29) is 0 Å². The molecule has 0 aliphatic heterocycles. The number of aromatic nitrogens is 3. The van der Waals surface area contributed by atoms with Gasteiger partial charge in [-0.05, 0) is 36.8 Å². The van der Waals surface area contributed by atoms with E-state index in [9.17, 15) is 0 Å². The van der Waals surface area contributed by atoms with Crippen molar-refractivity contribution in [1.29, 1.82) is 0 Å². The fraction of sp³-hybridized carbons (Fsp3) is 0.125. The first-order chi connectivity index (χ1) is 14.2. The van der Waals surface area contributed by atoms with Gasteiger partial charge in [0.05, 0.1) is 24.9 Å². The summed E-state index contributed by atoms with van der Waals surface area (Å²) < 4.78 is 10.7. The summed E-state index contributed by atoms with van der Waals surface area (Å²) in [5, 5.41) is 0.972. The van der Waals surface area contributed by atoms with Crippen molar-refractivity contribution in [3.05, 3.63) is 79.3 Å². The third-order valence-corrected chi connectivity index (χ3v) is 4.69. The number of nitrogens with zero attached hydrogens (tertiary/aromatic N) is 3. The van der Waals surface area contributed by atoms with Crippen molar-refractivity contribution in [2.45, 2.75) is 6.92 Å². The number of fused-ring (bicyclic) bond motifs is 1. The van der Waals surface area contributed by atoms with Crippen LogP contribution in [0.25, 0.3) is 39.0 Å². The summed E-state index contributed by atoms with van der Waals surface area (Å²) in [6.45, 7) is 6.54. The van der Waals surface area contributed by atoms with Crippen LogP contribution in [0.5, 0.6) is 5.88 Å². The third-order valence-electron chi connectivity index (χ3n) is 4.69. The molecule has 0 unspecified atom stereocenters. The third kappa shape index (κ3) is 3.80. The molecular formula is C24H21N3O2. The van der Waals surface area contributed by atoms with Gasteiger partial charge < -0.3 is 9.47 Å². The van der Waals surface area contributed by atoms with Crippen molar-refractivity contribution in [2.24, 2.45) is 0 Å². The van der Waals surface area contributed by atoms with E-state index in [1.807, 2.05) is 55.5 Å². The fourth-order valence-corrected chi connectivity index (χ4v) is 3.24. The molecule has 0 radical (unpaired) electrons. The summed E-state index contributed by atoms with van der Waals surface area (Å²) in [5.74, 6) is 1.24. The molecule has 144 valence electrons. The molecule has 5 nitrogen and oxygen atoms in total. The lowest BCUT2D eigenvalue weighted by molar-refractivity contribution is 0.299.